The van der Waals surface area contributed by atoms with Gasteiger partial charge in [-0.3, -0.25) is 14.2 Å². The van der Waals surface area contributed by atoms with Crippen LogP contribution in [0.4, 0.5) is 5.69 Å². The van der Waals surface area contributed by atoms with E-state index < -0.39 is 0 Å². The summed E-state index contributed by atoms with van der Waals surface area (Å²) in [5.74, 6) is -0.238. The lowest BCUT2D eigenvalue weighted by Gasteiger charge is -2.18. The monoisotopic (exact) mass is 319 g/mol. The topological polar surface area (TPSA) is 55.2 Å². The van der Waals surface area contributed by atoms with E-state index in [1.54, 1.807) is 21.7 Å². The number of hydrogen-bond donors (Lipinski definition) is 0. The van der Waals surface area contributed by atoms with Crippen LogP contribution < -0.4 is 10.5 Å². The van der Waals surface area contributed by atoms with Crippen molar-refractivity contribution in [1.82, 2.24) is 9.55 Å². The van der Waals surface area contributed by atoms with Crippen molar-refractivity contribution in [2.45, 2.75) is 19.9 Å². The number of pyridine rings is 2. The van der Waals surface area contributed by atoms with Crippen LogP contribution in [0.25, 0.3) is 11.0 Å². The molecule has 4 rings (SSSR count). The van der Waals surface area contributed by atoms with Gasteiger partial charge in [-0.25, -0.2) is 4.98 Å². The summed E-state index contributed by atoms with van der Waals surface area (Å²) in [6.07, 6.45) is 2.48. The average Bonchev–Trinajstić information content (AvgIpc) is 3.05. The molecule has 2 aromatic heterocycles. The molecule has 5 nitrogen and oxygen atoms in total. The van der Waals surface area contributed by atoms with E-state index in [0.29, 0.717) is 18.7 Å². The molecule has 0 saturated carbocycles. The van der Waals surface area contributed by atoms with E-state index in [9.17, 15) is 9.59 Å². The number of nitrogens with zero attached hydrogens (tertiary/aromatic N) is 3. The summed E-state index contributed by atoms with van der Waals surface area (Å²) in [5, 5.41) is 0.801. The highest BCUT2D eigenvalue weighted by Crippen LogP contribution is 2.28. The predicted molar refractivity (Wildman–Crippen MR) is 93.5 cm³/mol. The molecule has 3 aromatic rings. The zero-order valence-corrected chi connectivity index (χ0v) is 13.4. The molecule has 0 spiro atoms. The minimum absolute atomic E-state index is 0.203. The Kier molecular flexibility index (Phi) is 3.41. The van der Waals surface area contributed by atoms with Crippen LogP contribution in [-0.4, -0.2) is 22.0 Å². The molecule has 1 aliphatic rings. The van der Waals surface area contributed by atoms with Crippen LogP contribution in [0.5, 0.6) is 0 Å². The third-order valence-corrected chi connectivity index (χ3v) is 4.53. The molecule has 0 aliphatic carbocycles. The minimum Gasteiger partial charge on any atom is -0.308 e. The Bertz CT molecular complexity index is 1010. The van der Waals surface area contributed by atoms with Crippen molar-refractivity contribution in [3.05, 3.63) is 70.1 Å². The van der Waals surface area contributed by atoms with Crippen molar-refractivity contribution in [3.63, 3.8) is 0 Å². The van der Waals surface area contributed by atoms with E-state index in [1.165, 1.54) is 0 Å². The highest BCUT2D eigenvalue weighted by molar-refractivity contribution is 6.08. The fraction of sp³-hybridized carbons (Fsp3) is 0.211. The fourth-order valence-corrected chi connectivity index (χ4v) is 3.35. The van der Waals surface area contributed by atoms with Gasteiger partial charge < -0.3 is 4.90 Å². The molecule has 0 saturated heterocycles. The van der Waals surface area contributed by atoms with Crippen molar-refractivity contribution in [1.29, 1.82) is 0 Å². The molecule has 0 fully saturated rings. The molecule has 5 heteroatoms. The normalized spacial score (nSPS) is 13.3. The summed E-state index contributed by atoms with van der Waals surface area (Å²) in [6.45, 7) is 2.97. The van der Waals surface area contributed by atoms with Crippen LogP contribution in [0.2, 0.25) is 0 Å². The minimum atomic E-state index is -0.280. The van der Waals surface area contributed by atoms with Gasteiger partial charge in [-0.05, 0) is 43.2 Å². The molecule has 1 aliphatic heterocycles. The van der Waals surface area contributed by atoms with Gasteiger partial charge in [-0.2, -0.15) is 0 Å². The van der Waals surface area contributed by atoms with Crippen LogP contribution in [0.1, 0.15) is 22.8 Å². The lowest BCUT2D eigenvalue weighted by atomic mass is 10.1. The molecule has 0 bridgehead atoms. The zero-order valence-electron chi connectivity index (χ0n) is 13.4. The van der Waals surface area contributed by atoms with E-state index in [0.717, 1.165) is 23.1 Å². The Hall–Kier alpha value is -2.95. The average molecular weight is 319 g/mol. The van der Waals surface area contributed by atoms with Crippen molar-refractivity contribution in [2.75, 3.05) is 11.4 Å². The maximum Gasteiger partial charge on any atom is 0.265 e. The van der Waals surface area contributed by atoms with Crippen LogP contribution in [0, 0.1) is 0 Å². The first kappa shape index (κ1) is 14.6. The Morgan fingerprint density at radius 3 is 2.88 bits per heavy atom. The molecule has 1 aromatic carbocycles. The van der Waals surface area contributed by atoms with Crippen LogP contribution in [-0.2, 0) is 13.0 Å². The molecular weight excluding hydrogens is 302 g/mol. The molecule has 0 N–H and O–H groups in total. The largest absolute Gasteiger partial charge is 0.308 e. The molecule has 0 atom stereocenters. The number of aryl methyl sites for hydroxylation is 1. The van der Waals surface area contributed by atoms with Gasteiger partial charge in [-0.15, -0.1) is 0 Å². The highest BCUT2D eigenvalue weighted by Gasteiger charge is 2.27. The van der Waals surface area contributed by atoms with Crippen LogP contribution >= 0.6 is 0 Å². The SMILES string of the molecule is CCn1c(=O)c(C(=O)N2CCc3ccccc32)cc2cccnc21. The van der Waals surface area contributed by atoms with Gasteiger partial charge in [0.25, 0.3) is 11.5 Å². The standard InChI is InChI=1S/C19H17N3O2/c1-2-21-17-14(7-5-10-20-17)12-15(18(21)23)19(24)22-11-9-13-6-3-4-8-16(13)22/h3-8,10,12H,2,9,11H2,1H3. The second-order valence-electron chi connectivity index (χ2n) is 5.86. The summed E-state index contributed by atoms with van der Waals surface area (Å²) in [6, 6.07) is 13.2. The van der Waals surface area contributed by atoms with E-state index >= 15 is 0 Å². The van der Waals surface area contributed by atoms with Gasteiger partial charge in [-0.1, -0.05) is 18.2 Å². The molecule has 0 radical (unpaired) electrons. The maximum absolute atomic E-state index is 13.0. The number of anilines is 1. The summed E-state index contributed by atoms with van der Waals surface area (Å²) in [7, 11) is 0. The first-order valence-corrected chi connectivity index (χ1v) is 8.09. The second-order valence-corrected chi connectivity index (χ2v) is 5.86. The van der Waals surface area contributed by atoms with Gasteiger partial charge >= 0.3 is 0 Å². The van der Waals surface area contributed by atoms with E-state index in [1.807, 2.05) is 43.3 Å². The first-order chi connectivity index (χ1) is 11.7. The van der Waals surface area contributed by atoms with Crippen molar-refractivity contribution < 1.29 is 4.79 Å². The number of carbonyl (C=O) groups is 1. The highest BCUT2D eigenvalue weighted by atomic mass is 16.2. The van der Waals surface area contributed by atoms with Crippen LogP contribution in [0.15, 0.2) is 53.5 Å². The van der Waals surface area contributed by atoms with Gasteiger partial charge in [0.15, 0.2) is 0 Å². The molecule has 3 heterocycles. The summed E-state index contributed by atoms with van der Waals surface area (Å²) in [5.41, 5.74) is 2.58. The number of benzene rings is 1. The second kappa shape index (κ2) is 5.60. The Morgan fingerprint density at radius 2 is 2.04 bits per heavy atom. The third-order valence-electron chi connectivity index (χ3n) is 4.53. The van der Waals surface area contributed by atoms with E-state index in [4.69, 9.17) is 0 Å². The number of amides is 1. The number of aromatic nitrogens is 2. The van der Waals surface area contributed by atoms with Gasteiger partial charge in [0.05, 0.1) is 0 Å². The maximum atomic E-state index is 13.0. The Balaban J connectivity index is 1.87. The third kappa shape index (κ3) is 2.12. The molecule has 1 amide bonds. The molecule has 120 valence electrons. The summed E-state index contributed by atoms with van der Waals surface area (Å²) < 4.78 is 1.56. The van der Waals surface area contributed by atoms with E-state index in [-0.39, 0.29) is 17.0 Å². The summed E-state index contributed by atoms with van der Waals surface area (Å²) >= 11 is 0. The zero-order chi connectivity index (χ0) is 16.7. The van der Waals surface area contributed by atoms with Crippen molar-refractivity contribution >= 4 is 22.6 Å². The van der Waals surface area contributed by atoms with Crippen LogP contribution in [0.3, 0.4) is 0 Å². The number of carbonyl (C=O) groups excluding carboxylic acids is 1. The number of para-hydroxylation sites is 1. The quantitative estimate of drug-likeness (QED) is 0.729. The lowest BCUT2D eigenvalue weighted by Crippen LogP contribution is -2.36. The van der Waals surface area contributed by atoms with Gasteiger partial charge in [0.1, 0.15) is 11.2 Å². The number of fused-ring (bicyclic) bond motifs is 2. The molecule has 0 unspecified atom stereocenters. The van der Waals surface area contributed by atoms with Gasteiger partial charge in [0.2, 0.25) is 0 Å². The van der Waals surface area contributed by atoms with Crippen molar-refractivity contribution in [3.8, 4) is 0 Å². The van der Waals surface area contributed by atoms with Gasteiger partial charge in [0, 0.05) is 30.4 Å². The van der Waals surface area contributed by atoms with E-state index in [2.05, 4.69) is 4.98 Å². The lowest BCUT2D eigenvalue weighted by molar-refractivity contribution is 0.0987. The van der Waals surface area contributed by atoms with Crippen molar-refractivity contribution in [2.24, 2.45) is 0 Å². The Labute approximate surface area is 139 Å². The Morgan fingerprint density at radius 1 is 1.21 bits per heavy atom. The fourth-order valence-electron chi connectivity index (χ4n) is 3.35. The number of rotatable bonds is 2. The first-order valence-electron chi connectivity index (χ1n) is 8.09. The summed E-state index contributed by atoms with van der Waals surface area (Å²) in [4.78, 5) is 31.8. The molecular formula is C19H17N3O2. The molecule has 24 heavy (non-hydrogen) atoms. The smallest absolute Gasteiger partial charge is 0.265 e. The number of hydrogen-bond acceptors (Lipinski definition) is 3. The predicted octanol–water partition coefficient (Wildman–Crippen LogP) is 2.62.